The lowest BCUT2D eigenvalue weighted by Crippen LogP contribution is -1.98. The molecule has 104 valence electrons. The highest BCUT2D eigenvalue weighted by Crippen LogP contribution is 2.27. The van der Waals surface area contributed by atoms with Crippen molar-refractivity contribution in [2.24, 2.45) is 0 Å². The third-order valence-electron chi connectivity index (χ3n) is 3.36. The Morgan fingerprint density at radius 1 is 0.952 bits per heavy atom. The van der Waals surface area contributed by atoms with Crippen LogP contribution in [0.15, 0.2) is 65.1 Å². The van der Waals surface area contributed by atoms with Crippen LogP contribution in [0.25, 0.3) is 10.8 Å². The zero-order valence-electron chi connectivity index (χ0n) is 11.3. The number of fused-ring (bicyclic) bond motifs is 1. The molecular formula is C18H13BrO2. The van der Waals surface area contributed by atoms with Crippen molar-refractivity contribution in [2.75, 3.05) is 0 Å². The van der Waals surface area contributed by atoms with Crippen LogP contribution in [0.3, 0.4) is 0 Å². The van der Waals surface area contributed by atoms with Crippen LogP contribution < -0.4 is 4.74 Å². The highest BCUT2D eigenvalue weighted by molar-refractivity contribution is 9.10. The van der Waals surface area contributed by atoms with Gasteiger partial charge in [-0.1, -0.05) is 58.4 Å². The van der Waals surface area contributed by atoms with Gasteiger partial charge in [0.05, 0.1) is 5.56 Å². The van der Waals surface area contributed by atoms with Gasteiger partial charge in [-0.05, 0) is 34.5 Å². The molecule has 3 aromatic carbocycles. The van der Waals surface area contributed by atoms with E-state index in [1.54, 1.807) is 0 Å². The largest absolute Gasteiger partial charge is 0.488 e. The fourth-order valence-corrected chi connectivity index (χ4v) is 2.53. The van der Waals surface area contributed by atoms with Crippen molar-refractivity contribution in [3.63, 3.8) is 0 Å². The van der Waals surface area contributed by atoms with Gasteiger partial charge in [0.2, 0.25) is 0 Å². The monoisotopic (exact) mass is 340 g/mol. The van der Waals surface area contributed by atoms with Gasteiger partial charge in [-0.25, -0.2) is 0 Å². The maximum absolute atomic E-state index is 11.4. The first-order valence-corrected chi connectivity index (χ1v) is 7.41. The Morgan fingerprint density at radius 2 is 1.71 bits per heavy atom. The van der Waals surface area contributed by atoms with Crippen LogP contribution in [0.4, 0.5) is 0 Å². The maximum atomic E-state index is 11.4. The Labute approximate surface area is 131 Å². The number of rotatable bonds is 4. The summed E-state index contributed by atoms with van der Waals surface area (Å²) in [4.78, 5) is 11.4. The van der Waals surface area contributed by atoms with Crippen molar-refractivity contribution >= 4 is 33.0 Å². The molecule has 0 aliphatic carbocycles. The van der Waals surface area contributed by atoms with E-state index >= 15 is 0 Å². The van der Waals surface area contributed by atoms with Crippen LogP contribution in [-0.2, 0) is 6.61 Å². The molecule has 0 heterocycles. The number of hydrogen-bond donors (Lipinski definition) is 0. The van der Waals surface area contributed by atoms with Gasteiger partial charge in [0.15, 0.2) is 6.29 Å². The van der Waals surface area contributed by atoms with Gasteiger partial charge in [0.1, 0.15) is 12.4 Å². The summed E-state index contributed by atoms with van der Waals surface area (Å²) in [6.07, 6.45) is 0.860. The van der Waals surface area contributed by atoms with Crippen LogP contribution in [0.1, 0.15) is 15.9 Å². The zero-order valence-corrected chi connectivity index (χ0v) is 12.8. The molecule has 3 aromatic rings. The lowest BCUT2D eigenvalue weighted by molar-refractivity contribution is 0.112. The van der Waals surface area contributed by atoms with Gasteiger partial charge in [-0.2, -0.15) is 0 Å². The SMILES string of the molecule is O=Cc1c(OCc2ccc(Br)cc2)ccc2ccccc12. The predicted octanol–water partition coefficient (Wildman–Crippen LogP) is 4.99. The number of carbonyl (C=O) groups excluding carboxylic acids is 1. The van der Waals surface area contributed by atoms with Gasteiger partial charge in [0.25, 0.3) is 0 Å². The molecule has 21 heavy (non-hydrogen) atoms. The Morgan fingerprint density at radius 3 is 2.48 bits per heavy atom. The van der Waals surface area contributed by atoms with Crippen molar-refractivity contribution in [1.82, 2.24) is 0 Å². The van der Waals surface area contributed by atoms with Crippen molar-refractivity contribution in [2.45, 2.75) is 6.61 Å². The standard InChI is InChI=1S/C18H13BrO2/c19-15-8-5-13(6-9-15)12-21-18-10-7-14-3-1-2-4-16(14)17(18)11-20/h1-11H,12H2. The molecule has 0 radical (unpaired) electrons. The van der Waals surface area contributed by atoms with E-state index in [9.17, 15) is 4.79 Å². The first-order valence-electron chi connectivity index (χ1n) is 6.62. The van der Waals surface area contributed by atoms with Crippen molar-refractivity contribution < 1.29 is 9.53 Å². The van der Waals surface area contributed by atoms with Crippen molar-refractivity contribution in [3.8, 4) is 5.75 Å². The van der Waals surface area contributed by atoms with E-state index in [2.05, 4.69) is 15.9 Å². The molecule has 0 aliphatic rings. The van der Waals surface area contributed by atoms with Crippen LogP contribution in [-0.4, -0.2) is 6.29 Å². The second-order valence-corrected chi connectivity index (χ2v) is 5.65. The van der Waals surface area contributed by atoms with E-state index in [1.807, 2.05) is 60.7 Å². The molecule has 0 saturated carbocycles. The van der Waals surface area contributed by atoms with Gasteiger partial charge in [-0.15, -0.1) is 0 Å². The third-order valence-corrected chi connectivity index (χ3v) is 3.88. The molecule has 0 bridgehead atoms. The summed E-state index contributed by atoms with van der Waals surface area (Å²) in [5, 5.41) is 1.95. The molecule has 0 saturated heterocycles. The van der Waals surface area contributed by atoms with Crippen LogP contribution in [0, 0.1) is 0 Å². The summed E-state index contributed by atoms with van der Waals surface area (Å²) in [5.41, 5.74) is 1.66. The topological polar surface area (TPSA) is 26.3 Å². The molecule has 0 amide bonds. The highest BCUT2D eigenvalue weighted by Gasteiger charge is 2.08. The summed E-state index contributed by atoms with van der Waals surface area (Å²) in [7, 11) is 0. The maximum Gasteiger partial charge on any atom is 0.154 e. The molecule has 0 spiro atoms. The summed E-state index contributed by atoms with van der Waals surface area (Å²) in [6.45, 7) is 0.437. The molecule has 0 fully saturated rings. The minimum absolute atomic E-state index is 0.437. The zero-order chi connectivity index (χ0) is 14.7. The van der Waals surface area contributed by atoms with E-state index in [1.165, 1.54) is 0 Å². The molecule has 0 N–H and O–H groups in total. The van der Waals surface area contributed by atoms with E-state index in [-0.39, 0.29) is 0 Å². The molecule has 0 unspecified atom stereocenters. The average Bonchev–Trinajstić information content (AvgIpc) is 2.53. The van der Waals surface area contributed by atoms with Gasteiger partial charge in [-0.3, -0.25) is 4.79 Å². The van der Waals surface area contributed by atoms with E-state index in [4.69, 9.17) is 4.74 Å². The van der Waals surface area contributed by atoms with Gasteiger partial charge >= 0.3 is 0 Å². The predicted molar refractivity (Wildman–Crippen MR) is 87.8 cm³/mol. The Kier molecular flexibility index (Phi) is 4.02. The first-order chi connectivity index (χ1) is 10.3. The number of aldehydes is 1. The van der Waals surface area contributed by atoms with Crippen LogP contribution in [0.5, 0.6) is 5.75 Å². The fourth-order valence-electron chi connectivity index (χ4n) is 2.26. The number of hydrogen-bond acceptors (Lipinski definition) is 2. The number of benzene rings is 3. The highest BCUT2D eigenvalue weighted by atomic mass is 79.9. The smallest absolute Gasteiger partial charge is 0.154 e. The average molecular weight is 341 g/mol. The van der Waals surface area contributed by atoms with E-state index < -0.39 is 0 Å². The van der Waals surface area contributed by atoms with Gasteiger partial charge in [0, 0.05) is 4.47 Å². The molecule has 0 atom stereocenters. The van der Waals surface area contributed by atoms with Crippen molar-refractivity contribution in [1.29, 1.82) is 0 Å². The second kappa shape index (κ2) is 6.10. The van der Waals surface area contributed by atoms with E-state index in [0.29, 0.717) is 17.9 Å². The first kappa shape index (κ1) is 13.8. The summed E-state index contributed by atoms with van der Waals surface area (Å²) < 4.78 is 6.85. The number of ether oxygens (including phenoxy) is 1. The Balaban J connectivity index is 1.90. The minimum Gasteiger partial charge on any atom is -0.488 e. The molecule has 0 aliphatic heterocycles. The van der Waals surface area contributed by atoms with Gasteiger partial charge < -0.3 is 4.74 Å². The van der Waals surface area contributed by atoms with Crippen LogP contribution in [0.2, 0.25) is 0 Å². The molecule has 2 nitrogen and oxygen atoms in total. The van der Waals surface area contributed by atoms with Crippen LogP contribution >= 0.6 is 15.9 Å². The van der Waals surface area contributed by atoms with E-state index in [0.717, 1.165) is 27.1 Å². The molecule has 0 aromatic heterocycles. The minimum atomic E-state index is 0.437. The molecule has 3 heteroatoms. The second-order valence-electron chi connectivity index (χ2n) is 4.73. The Hall–Kier alpha value is -2.13. The normalized spacial score (nSPS) is 10.5. The lowest BCUT2D eigenvalue weighted by atomic mass is 10.0. The number of carbonyl (C=O) groups is 1. The summed E-state index contributed by atoms with van der Waals surface area (Å²) in [6, 6.07) is 19.6. The third kappa shape index (κ3) is 2.98. The fraction of sp³-hybridized carbons (Fsp3) is 0.0556. The lowest BCUT2D eigenvalue weighted by Gasteiger charge is -2.11. The van der Waals surface area contributed by atoms with Crippen molar-refractivity contribution in [3.05, 3.63) is 76.3 Å². The number of halogens is 1. The molecular weight excluding hydrogens is 328 g/mol. The summed E-state index contributed by atoms with van der Waals surface area (Å²) in [5.74, 6) is 0.617. The quantitative estimate of drug-likeness (QED) is 0.625. The summed E-state index contributed by atoms with van der Waals surface area (Å²) >= 11 is 3.40. The molecule has 3 rings (SSSR count). The Bertz CT molecular complexity index is 779.